The normalized spacial score (nSPS) is 13.9. The fourth-order valence-electron chi connectivity index (χ4n) is 1.38. The maximum Gasteiger partial charge on any atom is 0.0633 e. The van der Waals surface area contributed by atoms with Crippen molar-refractivity contribution in [3.63, 3.8) is 0 Å². The van der Waals surface area contributed by atoms with Gasteiger partial charge in [-0.25, -0.2) is 0 Å². The first-order valence-corrected chi connectivity index (χ1v) is 5.00. The lowest BCUT2D eigenvalue weighted by molar-refractivity contribution is 0.0957. The molecular formula is C11H18N2O2. The summed E-state index contributed by atoms with van der Waals surface area (Å²) in [6.45, 7) is 3.54. The van der Waals surface area contributed by atoms with Crippen LogP contribution in [0.25, 0.3) is 0 Å². The zero-order valence-corrected chi connectivity index (χ0v) is 9.14. The van der Waals surface area contributed by atoms with Gasteiger partial charge in [-0.1, -0.05) is 6.07 Å². The second-order valence-electron chi connectivity index (χ2n) is 4.03. The molecule has 15 heavy (non-hydrogen) atoms. The van der Waals surface area contributed by atoms with Gasteiger partial charge in [-0.05, 0) is 25.5 Å². The average Bonchev–Trinajstić information content (AvgIpc) is 2.30. The van der Waals surface area contributed by atoms with E-state index in [1.54, 1.807) is 19.3 Å². The van der Waals surface area contributed by atoms with E-state index in [4.69, 9.17) is 10.2 Å². The molecule has 0 aliphatic rings. The van der Waals surface area contributed by atoms with Crippen LogP contribution in [0.1, 0.15) is 25.5 Å². The molecule has 0 saturated heterocycles. The summed E-state index contributed by atoms with van der Waals surface area (Å²) in [5.74, 6) is 0. The van der Waals surface area contributed by atoms with Crippen LogP contribution in [0.4, 0.5) is 0 Å². The molecule has 0 bridgehead atoms. The molecule has 1 aromatic heterocycles. The average molecular weight is 210 g/mol. The smallest absolute Gasteiger partial charge is 0.0633 e. The van der Waals surface area contributed by atoms with Crippen molar-refractivity contribution in [2.45, 2.75) is 25.4 Å². The van der Waals surface area contributed by atoms with Gasteiger partial charge < -0.3 is 15.5 Å². The molecule has 0 aromatic carbocycles. The van der Waals surface area contributed by atoms with Crippen LogP contribution in [-0.2, 0) is 0 Å². The second kappa shape index (κ2) is 5.21. The van der Waals surface area contributed by atoms with Crippen molar-refractivity contribution in [3.8, 4) is 0 Å². The summed E-state index contributed by atoms with van der Waals surface area (Å²) < 4.78 is 0. The monoisotopic (exact) mass is 210 g/mol. The van der Waals surface area contributed by atoms with Crippen LogP contribution in [0.5, 0.6) is 0 Å². The van der Waals surface area contributed by atoms with Gasteiger partial charge in [-0.3, -0.25) is 4.98 Å². The van der Waals surface area contributed by atoms with Gasteiger partial charge in [0.15, 0.2) is 0 Å². The highest BCUT2D eigenvalue weighted by molar-refractivity contribution is 5.13. The van der Waals surface area contributed by atoms with Gasteiger partial charge in [0.1, 0.15) is 0 Å². The molecule has 0 fully saturated rings. The molecule has 4 heteroatoms. The van der Waals surface area contributed by atoms with Gasteiger partial charge in [0.05, 0.1) is 18.8 Å². The van der Waals surface area contributed by atoms with Crippen molar-refractivity contribution in [1.82, 2.24) is 10.3 Å². The molecule has 3 N–H and O–H groups in total. The molecule has 84 valence electrons. The minimum absolute atomic E-state index is 0.0444. The Morgan fingerprint density at radius 2 is 2.13 bits per heavy atom. The molecule has 0 saturated carbocycles. The van der Waals surface area contributed by atoms with Crippen molar-refractivity contribution in [2.75, 3.05) is 13.2 Å². The highest BCUT2D eigenvalue weighted by atomic mass is 16.3. The number of nitrogens with one attached hydrogen (secondary N) is 1. The summed E-state index contributed by atoms with van der Waals surface area (Å²) in [6.07, 6.45) is 3.49. The first-order chi connectivity index (χ1) is 7.11. The molecule has 1 heterocycles. The molecular weight excluding hydrogens is 192 g/mol. The van der Waals surface area contributed by atoms with E-state index in [0.717, 1.165) is 5.56 Å². The number of pyridine rings is 1. The lowest BCUT2D eigenvalue weighted by Crippen LogP contribution is -2.49. The van der Waals surface area contributed by atoms with Gasteiger partial charge in [0, 0.05) is 18.4 Å². The summed E-state index contributed by atoms with van der Waals surface area (Å²) in [6, 6.07) is 3.87. The number of aliphatic hydroxyl groups is 2. The Kier molecular flexibility index (Phi) is 4.20. The zero-order valence-electron chi connectivity index (χ0n) is 9.14. The molecule has 0 radical (unpaired) electrons. The number of aliphatic hydroxyl groups excluding tert-OH is 2. The third-order valence-corrected chi connectivity index (χ3v) is 2.45. The first-order valence-electron chi connectivity index (χ1n) is 5.00. The van der Waals surface area contributed by atoms with E-state index in [1.165, 1.54) is 0 Å². The maximum atomic E-state index is 9.14. The highest BCUT2D eigenvalue weighted by Gasteiger charge is 2.24. The topological polar surface area (TPSA) is 65.4 Å². The SMILES string of the molecule is CC(NC(C)(CO)CO)c1cccnc1. The highest BCUT2D eigenvalue weighted by Crippen LogP contribution is 2.14. The Balaban J connectivity index is 2.67. The molecule has 1 aromatic rings. The third-order valence-electron chi connectivity index (χ3n) is 2.45. The van der Waals surface area contributed by atoms with Gasteiger partial charge in [-0.2, -0.15) is 0 Å². The molecule has 1 rings (SSSR count). The van der Waals surface area contributed by atoms with Crippen LogP contribution in [0.15, 0.2) is 24.5 Å². The van der Waals surface area contributed by atoms with Crippen molar-refractivity contribution in [3.05, 3.63) is 30.1 Å². The largest absolute Gasteiger partial charge is 0.394 e. The number of aromatic nitrogens is 1. The van der Waals surface area contributed by atoms with Gasteiger partial charge in [0.2, 0.25) is 0 Å². The molecule has 1 atom stereocenters. The number of hydrogen-bond acceptors (Lipinski definition) is 4. The van der Waals surface area contributed by atoms with Crippen molar-refractivity contribution >= 4 is 0 Å². The molecule has 4 nitrogen and oxygen atoms in total. The Labute approximate surface area is 90.0 Å². The lowest BCUT2D eigenvalue weighted by atomic mass is 10.0. The second-order valence-corrected chi connectivity index (χ2v) is 4.03. The van der Waals surface area contributed by atoms with Crippen LogP contribution in [-0.4, -0.2) is 33.9 Å². The van der Waals surface area contributed by atoms with Gasteiger partial charge >= 0.3 is 0 Å². The third kappa shape index (κ3) is 3.27. The van der Waals surface area contributed by atoms with E-state index in [1.807, 2.05) is 19.1 Å². The molecule has 0 aliphatic carbocycles. The quantitative estimate of drug-likeness (QED) is 0.661. The van der Waals surface area contributed by atoms with E-state index in [-0.39, 0.29) is 19.3 Å². The zero-order chi connectivity index (χ0) is 11.3. The van der Waals surface area contributed by atoms with Crippen LogP contribution in [0.2, 0.25) is 0 Å². The van der Waals surface area contributed by atoms with Crippen LogP contribution < -0.4 is 5.32 Å². The van der Waals surface area contributed by atoms with E-state index < -0.39 is 5.54 Å². The van der Waals surface area contributed by atoms with Gasteiger partial charge in [0.25, 0.3) is 0 Å². The van der Waals surface area contributed by atoms with E-state index in [2.05, 4.69) is 10.3 Å². The van der Waals surface area contributed by atoms with Crippen molar-refractivity contribution in [1.29, 1.82) is 0 Å². The summed E-state index contributed by atoms with van der Waals surface area (Å²) in [4.78, 5) is 4.02. The van der Waals surface area contributed by atoms with E-state index >= 15 is 0 Å². The Bertz CT molecular complexity index is 286. The fraction of sp³-hybridized carbons (Fsp3) is 0.545. The summed E-state index contributed by atoms with van der Waals surface area (Å²) in [5, 5.41) is 21.5. The first kappa shape index (κ1) is 12.1. The number of hydrogen-bond donors (Lipinski definition) is 3. The summed E-state index contributed by atoms with van der Waals surface area (Å²) >= 11 is 0. The molecule has 0 aliphatic heterocycles. The Morgan fingerprint density at radius 1 is 1.47 bits per heavy atom. The maximum absolute atomic E-state index is 9.14. The minimum Gasteiger partial charge on any atom is -0.394 e. The van der Waals surface area contributed by atoms with Crippen LogP contribution in [0.3, 0.4) is 0 Å². The number of nitrogens with zero attached hydrogens (tertiary/aromatic N) is 1. The summed E-state index contributed by atoms with van der Waals surface area (Å²) in [5.41, 5.74) is 0.376. The predicted molar refractivity (Wildman–Crippen MR) is 58.4 cm³/mol. The standard InChI is InChI=1S/C11H18N2O2/c1-9(10-4-3-5-12-6-10)13-11(2,7-14)8-15/h3-6,9,13-15H,7-8H2,1-2H3. The summed E-state index contributed by atoms with van der Waals surface area (Å²) in [7, 11) is 0. The Hall–Kier alpha value is -0.970. The fourth-order valence-corrected chi connectivity index (χ4v) is 1.38. The molecule has 0 spiro atoms. The Morgan fingerprint density at radius 3 is 2.60 bits per heavy atom. The molecule has 0 amide bonds. The molecule has 1 unspecified atom stereocenters. The van der Waals surface area contributed by atoms with E-state index in [9.17, 15) is 0 Å². The van der Waals surface area contributed by atoms with Crippen LogP contribution >= 0.6 is 0 Å². The van der Waals surface area contributed by atoms with Crippen molar-refractivity contribution < 1.29 is 10.2 Å². The minimum atomic E-state index is -0.657. The van der Waals surface area contributed by atoms with Gasteiger partial charge in [-0.15, -0.1) is 0 Å². The lowest BCUT2D eigenvalue weighted by Gasteiger charge is -2.30. The van der Waals surface area contributed by atoms with Crippen molar-refractivity contribution in [2.24, 2.45) is 0 Å². The van der Waals surface area contributed by atoms with Crippen LogP contribution in [0, 0.1) is 0 Å². The number of rotatable bonds is 5. The van der Waals surface area contributed by atoms with E-state index in [0.29, 0.717) is 0 Å². The predicted octanol–water partition coefficient (Wildman–Crippen LogP) is 0.475.